The van der Waals surface area contributed by atoms with Crippen LogP contribution in [0.5, 0.6) is 0 Å². The molecule has 0 radical (unpaired) electrons. The zero-order valence-corrected chi connectivity index (χ0v) is 9.48. The van der Waals surface area contributed by atoms with Gasteiger partial charge in [-0.1, -0.05) is 18.6 Å². The second-order valence-corrected chi connectivity index (χ2v) is 5.92. The first kappa shape index (κ1) is 10.3. The van der Waals surface area contributed by atoms with Gasteiger partial charge in [0.25, 0.3) is 0 Å². The van der Waals surface area contributed by atoms with E-state index in [-0.39, 0.29) is 11.8 Å². The zero-order chi connectivity index (χ0) is 11.4. The van der Waals surface area contributed by atoms with Crippen LogP contribution in [0.1, 0.15) is 32.1 Å². The maximum Gasteiger partial charge on any atom is 0.303 e. The molecule has 3 nitrogen and oxygen atoms in total. The molecule has 16 heavy (non-hydrogen) atoms. The van der Waals surface area contributed by atoms with Crippen molar-refractivity contribution in [2.45, 2.75) is 32.1 Å². The van der Waals surface area contributed by atoms with Gasteiger partial charge in [-0.25, -0.2) is 0 Å². The lowest BCUT2D eigenvalue weighted by Gasteiger charge is -2.59. The third kappa shape index (κ3) is 1.10. The highest BCUT2D eigenvalue weighted by molar-refractivity contribution is 5.68. The molecule has 0 bridgehead atoms. The lowest BCUT2D eigenvalue weighted by molar-refractivity contribution is -0.148. The van der Waals surface area contributed by atoms with Gasteiger partial charge >= 0.3 is 5.97 Å². The number of carboxylic acid groups (broad SMARTS) is 1. The molecular formula is C13H19NO2. The smallest absolute Gasteiger partial charge is 0.303 e. The van der Waals surface area contributed by atoms with Gasteiger partial charge in [0.15, 0.2) is 0 Å². The Balaban J connectivity index is 1.78. The molecule has 0 aromatic carbocycles. The van der Waals surface area contributed by atoms with Gasteiger partial charge in [-0.3, -0.25) is 4.79 Å². The van der Waals surface area contributed by atoms with Crippen molar-refractivity contribution in [1.82, 2.24) is 0 Å². The number of carbonyl (C=O) groups is 1. The Hall–Kier alpha value is -0.830. The molecule has 1 spiro atoms. The maximum absolute atomic E-state index is 10.9. The van der Waals surface area contributed by atoms with E-state index in [0.29, 0.717) is 23.8 Å². The highest BCUT2D eigenvalue weighted by atomic mass is 16.4. The molecule has 3 N–H and O–H groups in total. The summed E-state index contributed by atoms with van der Waals surface area (Å²) in [4.78, 5) is 10.9. The lowest BCUT2D eigenvalue weighted by Crippen LogP contribution is -2.56. The van der Waals surface area contributed by atoms with E-state index in [9.17, 15) is 4.79 Å². The standard InChI is InChI=1S/C13H19NO2/c14-8-13(7-11(15)16)6-10-9(13)2-5-12(10)3-1-4-12/h2,5,9-10H,1,3-4,6-8,14H2,(H,15,16)/t9-,10+,13+/m1/s1. The molecule has 3 aliphatic carbocycles. The van der Waals surface area contributed by atoms with Gasteiger partial charge in [-0.15, -0.1) is 0 Å². The molecular weight excluding hydrogens is 202 g/mol. The van der Waals surface area contributed by atoms with Crippen molar-refractivity contribution < 1.29 is 9.90 Å². The van der Waals surface area contributed by atoms with Gasteiger partial charge in [-0.05, 0) is 48.5 Å². The van der Waals surface area contributed by atoms with Gasteiger partial charge in [0, 0.05) is 0 Å². The summed E-state index contributed by atoms with van der Waals surface area (Å²) < 4.78 is 0. The predicted octanol–water partition coefficient (Wildman–Crippen LogP) is 1.78. The van der Waals surface area contributed by atoms with Gasteiger partial charge in [-0.2, -0.15) is 0 Å². The van der Waals surface area contributed by atoms with E-state index in [4.69, 9.17) is 10.8 Å². The van der Waals surface area contributed by atoms with Crippen molar-refractivity contribution in [2.75, 3.05) is 6.54 Å². The first-order valence-electron chi connectivity index (χ1n) is 6.23. The summed E-state index contributed by atoms with van der Waals surface area (Å²) in [6.45, 7) is 0.515. The Morgan fingerprint density at radius 2 is 2.25 bits per heavy atom. The third-order valence-corrected chi connectivity index (χ3v) is 5.34. The first-order valence-corrected chi connectivity index (χ1v) is 6.23. The third-order valence-electron chi connectivity index (χ3n) is 5.34. The predicted molar refractivity (Wildman–Crippen MR) is 60.8 cm³/mol. The van der Waals surface area contributed by atoms with Crippen LogP contribution >= 0.6 is 0 Å². The minimum Gasteiger partial charge on any atom is -0.481 e. The Morgan fingerprint density at radius 1 is 1.50 bits per heavy atom. The average molecular weight is 221 g/mol. The molecule has 2 saturated carbocycles. The largest absolute Gasteiger partial charge is 0.481 e. The van der Waals surface area contributed by atoms with Gasteiger partial charge in [0.2, 0.25) is 0 Å². The average Bonchev–Trinajstić information content (AvgIpc) is 2.48. The highest BCUT2D eigenvalue weighted by Gasteiger charge is 2.62. The summed E-state index contributed by atoms with van der Waals surface area (Å²) in [6.07, 6.45) is 9.84. The Morgan fingerprint density at radius 3 is 2.75 bits per heavy atom. The van der Waals surface area contributed by atoms with E-state index in [1.54, 1.807) is 0 Å². The van der Waals surface area contributed by atoms with E-state index in [0.717, 1.165) is 6.42 Å². The number of aliphatic carboxylic acids is 1. The van der Waals surface area contributed by atoms with Crippen molar-refractivity contribution in [3.05, 3.63) is 12.2 Å². The van der Waals surface area contributed by atoms with Crippen LogP contribution in [0.15, 0.2) is 12.2 Å². The number of rotatable bonds is 3. The summed E-state index contributed by atoms with van der Waals surface area (Å²) in [6, 6.07) is 0. The van der Waals surface area contributed by atoms with E-state index >= 15 is 0 Å². The minimum atomic E-state index is -0.702. The molecule has 3 rings (SSSR count). The second-order valence-electron chi connectivity index (χ2n) is 5.92. The fourth-order valence-electron chi connectivity index (χ4n) is 4.19. The fourth-order valence-corrected chi connectivity index (χ4v) is 4.19. The molecule has 0 unspecified atom stereocenters. The SMILES string of the molecule is NC[C@@]1(CC(=O)O)C[C@H]2[C@H]1C=CC21CCC1. The second kappa shape index (κ2) is 3.10. The molecule has 0 saturated heterocycles. The topological polar surface area (TPSA) is 63.3 Å². The molecule has 0 heterocycles. The number of fused-ring (bicyclic) bond motifs is 2. The molecule has 0 aromatic rings. The van der Waals surface area contributed by atoms with Gasteiger partial charge in [0.05, 0.1) is 6.42 Å². The molecule has 0 amide bonds. The maximum atomic E-state index is 10.9. The lowest BCUT2D eigenvalue weighted by atomic mass is 9.45. The summed E-state index contributed by atoms with van der Waals surface area (Å²) in [7, 11) is 0. The number of hydrogen-bond donors (Lipinski definition) is 2. The van der Waals surface area contributed by atoms with Crippen LogP contribution in [0, 0.1) is 22.7 Å². The first-order chi connectivity index (χ1) is 7.62. The summed E-state index contributed by atoms with van der Waals surface area (Å²) in [5.74, 6) is 0.435. The molecule has 2 fully saturated rings. The Kier molecular flexibility index (Phi) is 2.00. The number of carboxylic acids is 1. The molecule has 0 aliphatic heterocycles. The van der Waals surface area contributed by atoms with Crippen molar-refractivity contribution >= 4 is 5.97 Å². The van der Waals surface area contributed by atoms with Crippen LogP contribution in [-0.4, -0.2) is 17.6 Å². The van der Waals surface area contributed by atoms with Crippen LogP contribution in [0.2, 0.25) is 0 Å². The normalized spacial score (nSPS) is 42.6. The van der Waals surface area contributed by atoms with E-state index in [1.165, 1.54) is 19.3 Å². The molecule has 3 aliphatic rings. The monoisotopic (exact) mass is 221 g/mol. The number of hydrogen-bond acceptors (Lipinski definition) is 2. The van der Waals surface area contributed by atoms with Crippen LogP contribution in [0.25, 0.3) is 0 Å². The van der Waals surface area contributed by atoms with Crippen LogP contribution < -0.4 is 5.73 Å². The van der Waals surface area contributed by atoms with Crippen molar-refractivity contribution in [2.24, 2.45) is 28.4 Å². The quantitative estimate of drug-likeness (QED) is 0.714. The van der Waals surface area contributed by atoms with Gasteiger partial charge in [0.1, 0.15) is 0 Å². The van der Waals surface area contributed by atoms with E-state index in [2.05, 4.69) is 12.2 Å². The number of allylic oxidation sites excluding steroid dienone is 2. The Bertz CT molecular complexity index is 359. The zero-order valence-electron chi connectivity index (χ0n) is 9.48. The highest BCUT2D eigenvalue weighted by Crippen LogP contribution is 2.68. The molecule has 0 aromatic heterocycles. The molecule has 3 atom stereocenters. The fraction of sp³-hybridized carbons (Fsp3) is 0.769. The van der Waals surface area contributed by atoms with Crippen molar-refractivity contribution in [1.29, 1.82) is 0 Å². The summed E-state index contributed by atoms with van der Waals surface area (Å²) >= 11 is 0. The summed E-state index contributed by atoms with van der Waals surface area (Å²) in [5.41, 5.74) is 6.14. The van der Waals surface area contributed by atoms with Gasteiger partial charge < -0.3 is 10.8 Å². The Labute approximate surface area is 95.7 Å². The van der Waals surface area contributed by atoms with Crippen LogP contribution in [0.3, 0.4) is 0 Å². The summed E-state index contributed by atoms with van der Waals surface area (Å²) in [5, 5.41) is 8.99. The van der Waals surface area contributed by atoms with Crippen molar-refractivity contribution in [3.63, 3.8) is 0 Å². The minimum absolute atomic E-state index is 0.133. The molecule has 3 heteroatoms. The van der Waals surface area contributed by atoms with E-state index in [1.807, 2.05) is 0 Å². The van der Waals surface area contributed by atoms with E-state index < -0.39 is 5.97 Å². The molecule has 88 valence electrons. The van der Waals surface area contributed by atoms with Crippen molar-refractivity contribution in [3.8, 4) is 0 Å². The number of nitrogens with two attached hydrogens (primary N) is 1. The van der Waals surface area contributed by atoms with Crippen LogP contribution in [0.4, 0.5) is 0 Å². The van der Waals surface area contributed by atoms with Crippen LogP contribution in [-0.2, 0) is 4.79 Å².